The highest BCUT2D eigenvalue weighted by Gasteiger charge is 2.32. The van der Waals surface area contributed by atoms with Crippen molar-refractivity contribution in [2.24, 2.45) is 0 Å². The van der Waals surface area contributed by atoms with Gasteiger partial charge in [0.2, 0.25) is 5.28 Å². The first-order valence-electron chi connectivity index (χ1n) is 8.67. The van der Waals surface area contributed by atoms with Gasteiger partial charge in [-0.2, -0.15) is 4.98 Å². The van der Waals surface area contributed by atoms with Crippen molar-refractivity contribution in [3.63, 3.8) is 0 Å². The average molecular weight is 403 g/mol. The van der Waals surface area contributed by atoms with E-state index in [9.17, 15) is 9.18 Å². The van der Waals surface area contributed by atoms with Crippen molar-refractivity contribution in [1.82, 2.24) is 25.3 Å². The van der Waals surface area contributed by atoms with E-state index in [0.29, 0.717) is 42.6 Å². The minimum Gasteiger partial charge on any atom is -0.357 e. The number of aryl methyl sites for hydroxylation is 1. The summed E-state index contributed by atoms with van der Waals surface area (Å²) >= 11 is 5.69. The molecule has 0 unspecified atom stereocenters. The Bertz CT molecular complexity index is 1150. The molecule has 28 heavy (non-hydrogen) atoms. The lowest BCUT2D eigenvalue weighted by molar-refractivity contribution is 0.0945. The van der Waals surface area contributed by atoms with Crippen LogP contribution >= 0.6 is 11.6 Å². The summed E-state index contributed by atoms with van der Waals surface area (Å²) in [6.07, 6.45) is 4.27. The third-order valence-electron chi connectivity index (χ3n) is 5.01. The Labute approximate surface area is 162 Å². The van der Waals surface area contributed by atoms with Gasteiger partial charge in [0.05, 0.1) is 17.5 Å². The van der Waals surface area contributed by atoms with Crippen molar-refractivity contribution >= 4 is 29.1 Å². The van der Waals surface area contributed by atoms with Gasteiger partial charge in [-0.05, 0) is 35.6 Å². The summed E-state index contributed by atoms with van der Waals surface area (Å²) in [4.78, 5) is 26.8. The maximum absolute atomic E-state index is 15.4. The maximum atomic E-state index is 15.4. The molecule has 0 fully saturated rings. The lowest BCUT2D eigenvalue weighted by Crippen LogP contribution is -2.32. The van der Waals surface area contributed by atoms with Crippen LogP contribution in [0.3, 0.4) is 0 Å². The van der Waals surface area contributed by atoms with E-state index >= 15 is 4.39 Å². The van der Waals surface area contributed by atoms with E-state index in [1.165, 1.54) is 0 Å². The molecule has 0 bridgehead atoms. The third-order valence-corrected chi connectivity index (χ3v) is 5.19. The number of rotatable bonds is 2. The molecule has 0 radical (unpaired) electrons. The average Bonchev–Trinajstić information content (AvgIpc) is 3.06. The van der Waals surface area contributed by atoms with E-state index in [-0.39, 0.29) is 22.8 Å². The zero-order valence-electron chi connectivity index (χ0n) is 14.4. The fourth-order valence-electron chi connectivity index (χ4n) is 3.79. The van der Waals surface area contributed by atoms with Crippen LogP contribution in [0, 0.1) is 11.6 Å². The number of fused-ring (bicyclic) bond motifs is 5. The third kappa shape index (κ3) is 2.54. The van der Waals surface area contributed by atoms with E-state index in [0.717, 1.165) is 23.0 Å². The summed E-state index contributed by atoms with van der Waals surface area (Å²) < 4.78 is 29.3. The largest absolute Gasteiger partial charge is 0.357 e. The van der Waals surface area contributed by atoms with Gasteiger partial charge >= 0.3 is 0 Å². The summed E-state index contributed by atoms with van der Waals surface area (Å²) in [7, 11) is 0. The van der Waals surface area contributed by atoms with Crippen LogP contribution in [0.5, 0.6) is 0 Å². The normalized spacial score (nSPS) is 14.8. The number of nitrogens with zero attached hydrogens (tertiary/aromatic N) is 3. The smallest absolute Gasteiger partial charge is 0.253 e. The molecular formula is C18H13ClF2N6O. The molecule has 0 aromatic carbocycles. The molecule has 0 spiro atoms. The fourth-order valence-corrected chi connectivity index (χ4v) is 3.92. The molecule has 1 aliphatic carbocycles. The molecular weight excluding hydrogens is 390 g/mol. The highest BCUT2D eigenvalue weighted by molar-refractivity contribution is 6.28. The molecule has 3 aromatic heterocycles. The number of hydrogen-bond donors (Lipinski definition) is 3. The van der Waals surface area contributed by atoms with Crippen LogP contribution in [0.2, 0.25) is 5.28 Å². The minimum atomic E-state index is -0.781. The molecule has 0 saturated heterocycles. The maximum Gasteiger partial charge on any atom is 0.253 e. The summed E-state index contributed by atoms with van der Waals surface area (Å²) in [5, 5.41) is 5.19. The van der Waals surface area contributed by atoms with E-state index in [4.69, 9.17) is 11.6 Å². The van der Waals surface area contributed by atoms with Crippen molar-refractivity contribution < 1.29 is 13.6 Å². The molecule has 10 heteroatoms. The molecule has 1 aliphatic heterocycles. The molecule has 1 amide bonds. The number of nitrogens with one attached hydrogen (secondary N) is 3. The van der Waals surface area contributed by atoms with Crippen molar-refractivity contribution in [2.45, 2.75) is 19.3 Å². The number of pyridine rings is 1. The van der Waals surface area contributed by atoms with Gasteiger partial charge in [-0.15, -0.1) is 0 Å². The quantitative estimate of drug-likeness (QED) is 0.573. The second-order valence-corrected chi connectivity index (χ2v) is 6.96. The Kier molecular flexibility index (Phi) is 3.80. The highest BCUT2D eigenvalue weighted by atomic mass is 35.5. The number of halogens is 3. The van der Waals surface area contributed by atoms with Gasteiger partial charge in [0.15, 0.2) is 23.3 Å². The highest BCUT2D eigenvalue weighted by Crippen LogP contribution is 2.40. The van der Waals surface area contributed by atoms with Crippen molar-refractivity contribution in [2.75, 3.05) is 11.9 Å². The second kappa shape index (κ2) is 6.23. The predicted molar refractivity (Wildman–Crippen MR) is 97.7 cm³/mol. The minimum absolute atomic E-state index is 0.146. The lowest BCUT2D eigenvalue weighted by atomic mass is 9.88. The summed E-state index contributed by atoms with van der Waals surface area (Å²) in [6.45, 7) is 0.539. The van der Waals surface area contributed by atoms with Gasteiger partial charge in [-0.1, -0.05) is 0 Å². The van der Waals surface area contributed by atoms with Crippen LogP contribution in [0.25, 0.3) is 11.3 Å². The molecule has 3 aromatic rings. The van der Waals surface area contributed by atoms with E-state index in [1.807, 2.05) is 0 Å². The van der Waals surface area contributed by atoms with Crippen LogP contribution in [0.1, 0.15) is 27.2 Å². The summed E-state index contributed by atoms with van der Waals surface area (Å²) in [5.74, 6) is -2.03. The van der Waals surface area contributed by atoms with Crippen LogP contribution < -0.4 is 10.6 Å². The van der Waals surface area contributed by atoms with E-state index in [2.05, 4.69) is 30.6 Å². The molecule has 0 atom stereocenters. The Morgan fingerprint density at radius 1 is 1.07 bits per heavy atom. The fraction of sp³-hybridized carbons (Fsp3) is 0.222. The number of anilines is 2. The number of H-pyrrole nitrogens is 1. The molecule has 0 saturated carbocycles. The second-order valence-electron chi connectivity index (χ2n) is 6.62. The Hall–Kier alpha value is -3.07. The number of hydrogen-bond acceptors (Lipinski definition) is 5. The standard InChI is InChI=1S/C18H13ClF2N6O/c19-18-24-6-9(20)15(27-18)26-16-13(21)11-7(5-23-16)1-2-8-12-10(25-14(8)11)3-4-22-17(12)28/h5-6,25H,1-4H2,(H,22,28)(H,23,24,26,27). The van der Waals surface area contributed by atoms with Crippen LogP contribution in [0.15, 0.2) is 12.4 Å². The molecule has 3 N–H and O–H groups in total. The number of carbonyl (C=O) groups is 1. The SMILES string of the molecule is O=C1NCCc2[nH]c3c(c21)CCc1cnc(Nc2nc(Cl)ncc2F)c(F)c1-3. The van der Waals surface area contributed by atoms with Gasteiger partial charge in [0.25, 0.3) is 5.91 Å². The number of amides is 1. The van der Waals surface area contributed by atoms with Gasteiger partial charge in [0, 0.05) is 30.4 Å². The topological polar surface area (TPSA) is 95.6 Å². The Morgan fingerprint density at radius 2 is 1.93 bits per heavy atom. The Morgan fingerprint density at radius 3 is 2.79 bits per heavy atom. The predicted octanol–water partition coefficient (Wildman–Crippen LogP) is 2.93. The van der Waals surface area contributed by atoms with Gasteiger partial charge in [-0.3, -0.25) is 4.79 Å². The van der Waals surface area contributed by atoms with Gasteiger partial charge in [-0.25, -0.2) is 18.7 Å². The first kappa shape index (κ1) is 17.1. The van der Waals surface area contributed by atoms with Crippen LogP contribution in [-0.2, 0) is 19.3 Å². The first-order valence-corrected chi connectivity index (χ1v) is 9.05. The van der Waals surface area contributed by atoms with E-state index in [1.54, 1.807) is 6.20 Å². The number of aromatic amines is 1. The molecule has 142 valence electrons. The zero-order valence-corrected chi connectivity index (χ0v) is 15.1. The zero-order chi connectivity index (χ0) is 19.4. The summed E-state index contributed by atoms with van der Waals surface area (Å²) in [5.41, 5.74) is 3.84. The van der Waals surface area contributed by atoms with Gasteiger partial charge in [0.1, 0.15) is 0 Å². The number of carbonyl (C=O) groups excluding carboxylic acids is 1. The van der Waals surface area contributed by atoms with Crippen molar-refractivity contribution in [3.05, 3.63) is 51.7 Å². The van der Waals surface area contributed by atoms with E-state index < -0.39 is 11.6 Å². The molecule has 2 aliphatic rings. The van der Waals surface area contributed by atoms with Crippen molar-refractivity contribution in [3.8, 4) is 11.3 Å². The first-order chi connectivity index (χ1) is 13.5. The Balaban J connectivity index is 1.63. The number of aromatic nitrogens is 4. The summed E-state index contributed by atoms with van der Waals surface area (Å²) in [6, 6.07) is 0. The molecule has 7 nitrogen and oxygen atoms in total. The van der Waals surface area contributed by atoms with Crippen molar-refractivity contribution in [1.29, 1.82) is 0 Å². The lowest BCUT2D eigenvalue weighted by Gasteiger charge is -2.19. The van der Waals surface area contributed by atoms with Gasteiger partial charge < -0.3 is 15.6 Å². The molecule has 5 rings (SSSR count). The van der Waals surface area contributed by atoms with Crippen LogP contribution in [0.4, 0.5) is 20.4 Å². The van der Waals surface area contributed by atoms with Crippen LogP contribution in [-0.4, -0.2) is 32.4 Å². The monoisotopic (exact) mass is 402 g/mol. The molecule has 4 heterocycles.